The van der Waals surface area contributed by atoms with E-state index < -0.39 is 0 Å². The lowest BCUT2D eigenvalue weighted by molar-refractivity contribution is 0.327. The van der Waals surface area contributed by atoms with Gasteiger partial charge in [0, 0.05) is 12.2 Å². The number of hydrogen-bond donors (Lipinski definition) is 1. The smallest absolute Gasteiger partial charge is 0.127 e. The van der Waals surface area contributed by atoms with Crippen molar-refractivity contribution in [1.29, 1.82) is 5.26 Å². The van der Waals surface area contributed by atoms with Crippen molar-refractivity contribution in [2.75, 3.05) is 5.32 Å². The first kappa shape index (κ1) is 11.9. The lowest BCUT2D eigenvalue weighted by atomic mass is 9.84. The summed E-state index contributed by atoms with van der Waals surface area (Å²) in [5.74, 6) is 1.69. The van der Waals surface area contributed by atoms with Gasteiger partial charge in [0.2, 0.25) is 0 Å². The minimum absolute atomic E-state index is 0.523. The standard InChI is InChI=1S/C14H19N3/c1-2-11-4-3-5-13(8-11)17-14-9-12(10-15)6-7-16-14/h6-7,9,11,13H,2-5,8H2,1H3,(H,16,17). The molecule has 17 heavy (non-hydrogen) atoms. The number of nitrogens with one attached hydrogen (secondary N) is 1. The molecule has 1 fully saturated rings. The van der Waals surface area contributed by atoms with Crippen LogP contribution in [0.25, 0.3) is 0 Å². The summed E-state index contributed by atoms with van der Waals surface area (Å²) in [6, 6.07) is 6.23. The summed E-state index contributed by atoms with van der Waals surface area (Å²) < 4.78 is 0. The molecule has 90 valence electrons. The second kappa shape index (κ2) is 5.67. The Morgan fingerprint density at radius 2 is 2.41 bits per heavy atom. The van der Waals surface area contributed by atoms with E-state index in [-0.39, 0.29) is 0 Å². The third kappa shape index (κ3) is 3.20. The molecular weight excluding hydrogens is 210 g/mol. The largest absolute Gasteiger partial charge is 0.367 e. The van der Waals surface area contributed by atoms with Gasteiger partial charge in [-0.05, 0) is 30.9 Å². The molecule has 2 rings (SSSR count). The minimum Gasteiger partial charge on any atom is -0.367 e. The predicted octanol–water partition coefficient (Wildman–Crippen LogP) is 3.33. The van der Waals surface area contributed by atoms with Crippen molar-refractivity contribution in [3.8, 4) is 6.07 Å². The monoisotopic (exact) mass is 229 g/mol. The Labute approximate surface area is 103 Å². The normalized spacial score (nSPS) is 24.0. The van der Waals surface area contributed by atoms with Crippen molar-refractivity contribution < 1.29 is 0 Å². The third-order valence-corrected chi connectivity index (χ3v) is 3.60. The number of nitriles is 1. The van der Waals surface area contributed by atoms with Crippen LogP contribution in [0, 0.1) is 17.2 Å². The van der Waals surface area contributed by atoms with Crippen molar-refractivity contribution in [3.05, 3.63) is 23.9 Å². The average molecular weight is 229 g/mol. The highest BCUT2D eigenvalue weighted by molar-refractivity contribution is 5.43. The molecule has 1 saturated carbocycles. The lowest BCUT2D eigenvalue weighted by Crippen LogP contribution is -2.27. The number of aromatic nitrogens is 1. The van der Waals surface area contributed by atoms with Gasteiger partial charge < -0.3 is 5.32 Å². The molecule has 1 heterocycles. The molecule has 0 radical (unpaired) electrons. The molecule has 1 N–H and O–H groups in total. The molecular formula is C14H19N3. The van der Waals surface area contributed by atoms with Gasteiger partial charge in [-0.1, -0.05) is 26.2 Å². The Kier molecular flexibility index (Phi) is 3.98. The van der Waals surface area contributed by atoms with Crippen LogP contribution >= 0.6 is 0 Å². The van der Waals surface area contributed by atoms with E-state index in [4.69, 9.17) is 5.26 Å². The molecule has 1 aliphatic carbocycles. The molecule has 0 spiro atoms. The summed E-state index contributed by atoms with van der Waals surface area (Å²) in [6.45, 7) is 2.27. The lowest BCUT2D eigenvalue weighted by Gasteiger charge is -2.29. The maximum absolute atomic E-state index is 8.84. The number of anilines is 1. The fraction of sp³-hybridized carbons (Fsp3) is 0.571. The fourth-order valence-corrected chi connectivity index (χ4v) is 2.58. The molecule has 3 nitrogen and oxygen atoms in total. The van der Waals surface area contributed by atoms with E-state index in [9.17, 15) is 0 Å². The van der Waals surface area contributed by atoms with Crippen LogP contribution in [-0.2, 0) is 0 Å². The zero-order chi connectivity index (χ0) is 12.1. The molecule has 1 aromatic heterocycles. The molecule has 2 atom stereocenters. The number of pyridine rings is 1. The molecule has 0 amide bonds. The van der Waals surface area contributed by atoms with Gasteiger partial charge in [-0.3, -0.25) is 0 Å². The molecule has 0 aromatic carbocycles. The summed E-state index contributed by atoms with van der Waals surface area (Å²) in [5, 5.41) is 12.3. The van der Waals surface area contributed by atoms with Gasteiger partial charge in [0.15, 0.2) is 0 Å². The van der Waals surface area contributed by atoms with Gasteiger partial charge in [-0.2, -0.15) is 5.26 Å². The van der Waals surface area contributed by atoms with E-state index in [1.165, 1.54) is 32.1 Å². The summed E-state index contributed by atoms with van der Waals surface area (Å²) in [4.78, 5) is 4.27. The van der Waals surface area contributed by atoms with Crippen LogP contribution in [-0.4, -0.2) is 11.0 Å². The summed E-state index contributed by atoms with van der Waals surface area (Å²) in [7, 11) is 0. The summed E-state index contributed by atoms with van der Waals surface area (Å²) in [5.41, 5.74) is 0.672. The second-order valence-corrected chi connectivity index (χ2v) is 4.82. The van der Waals surface area contributed by atoms with Crippen LogP contribution in [0.4, 0.5) is 5.82 Å². The van der Waals surface area contributed by atoms with Gasteiger partial charge in [-0.15, -0.1) is 0 Å². The van der Waals surface area contributed by atoms with Crippen LogP contribution in [0.5, 0.6) is 0 Å². The molecule has 1 aromatic rings. The van der Waals surface area contributed by atoms with Crippen LogP contribution in [0.3, 0.4) is 0 Å². The zero-order valence-corrected chi connectivity index (χ0v) is 10.3. The molecule has 0 saturated heterocycles. The first-order valence-electron chi connectivity index (χ1n) is 6.44. The van der Waals surface area contributed by atoms with E-state index in [2.05, 4.69) is 23.3 Å². The third-order valence-electron chi connectivity index (χ3n) is 3.60. The molecule has 1 aliphatic rings. The van der Waals surface area contributed by atoms with Gasteiger partial charge >= 0.3 is 0 Å². The van der Waals surface area contributed by atoms with E-state index in [1.807, 2.05) is 6.07 Å². The fourth-order valence-electron chi connectivity index (χ4n) is 2.58. The Balaban J connectivity index is 1.98. The summed E-state index contributed by atoms with van der Waals surface area (Å²) in [6.07, 6.45) is 8.07. The van der Waals surface area contributed by atoms with E-state index in [0.717, 1.165) is 11.7 Å². The minimum atomic E-state index is 0.523. The predicted molar refractivity (Wildman–Crippen MR) is 68.6 cm³/mol. The SMILES string of the molecule is CCC1CCCC(Nc2cc(C#N)ccn2)C1. The molecule has 2 unspecified atom stereocenters. The van der Waals surface area contributed by atoms with E-state index >= 15 is 0 Å². The number of hydrogen-bond acceptors (Lipinski definition) is 3. The first-order chi connectivity index (χ1) is 8.31. The van der Waals surface area contributed by atoms with Crippen molar-refractivity contribution in [2.24, 2.45) is 5.92 Å². The van der Waals surface area contributed by atoms with Gasteiger partial charge in [0.1, 0.15) is 5.82 Å². The van der Waals surface area contributed by atoms with Crippen molar-refractivity contribution in [2.45, 2.75) is 45.1 Å². The van der Waals surface area contributed by atoms with Crippen molar-refractivity contribution in [1.82, 2.24) is 4.98 Å². The van der Waals surface area contributed by atoms with Crippen molar-refractivity contribution in [3.63, 3.8) is 0 Å². The highest BCUT2D eigenvalue weighted by atomic mass is 15.0. The van der Waals surface area contributed by atoms with Crippen LogP contribution in [0.15, 0.2) is 18.3 Å². The molecule has 0 bridgehead atoms. The van der Waals surface area contributed by atoms with E-state index in [1.54, 1.807) is 12.3 Å². The second-order valence-electron chi connectivity index (χ2n) is 4.82. The van der Waals surface area contributed by atoms with Crippen LogP contribution < -0.4 is 5.32 Å². The van der Waals surface area contributed by atoms with Gasteiger partial charge in [-0.25, -0.2) is 4.98 Å². The topological polar surface area (TPSA) is 48.7 Å². The Morgan fingerprint density at radius 3 is 3.18 bits per heavy atom. The number of nitrogens with zero attached hydrogens (tertiary/aromatic N) is 2. The highest BCUT2D eigenvalue weighted by Gasteiger charge is 2.20. The first-order valence-corrected chi connectivity index (χ1v) is 6.44. The Hall–Kier alpha value is -1.56. The van der Waals surface area contributed by atoms with Crippen LogP contribution in [0.1, 0.15) is 44.6 Å². The Bertz CT molecular complexity index is 408. The summed E-state index contributed by atoms with van der Waals surface area (Å²) >= 11 is 0. The molecule has 3 heteroatoms. The van der Waals surface area contributed by atoms with Crippen molar-refractivity contribution >= 4 is 5.82 Å². The maximum Gasteiger partial charge on any atom is 0.127 e. The van der Waals surface area contributed by atoms with E-state index in [0.29, 0.717) is 11.6 Å². The van der Waals surface area contributed by atoms with Crippen LogP contribution in [0.2, 0.25) is 0 Å². The Morgan fingerprint density at radius 1 is 1.53 bits per heavy atom. The zero-order valence-electron chi connectivity index (χ0n) is 10.3. The van der Waals surface area contributed by atoms with Gasteiger partial charge in [0.05, 0.1) is 11.6 Å². The number of rotatable bonds is 3. The average Bonchev–Trinajstić information content (AvgIpc) is 2.39. The maximum atomic E-state index is 8.84. The van der Waals surface area contributed by atoms with Gasteiger partial charge in [0.25, 0.3) is 0 Å². The quantitative estimate of drug-likeness (QED) is 0.864. The molecule has 0 aliphatic heterocycles. The highest BCUT2D eigenvalue weighted by Crippen LogP contribution is 2.28.